The quantitative estimate of drug-likeness (QED) is 0.791. The standard InChI is InChI=1S/C11H14N2O3/c1-11(5-3-7-16-11)10(15)13-9-8(14)4-2-6-12-9/h2,4,6,14H,3,5,7H2,1H3,(H,12,13,15)/t11-/m0/s1. The summed E-state index contributed by atoms with van der Waals surface area (Å²) in [4.78, 5) is 15.8. The molecule has 1 aliphatic rings. The number of nitrogens with zero attached hydrogens (tertiary/aromatic N) is 1. The van der Waals surface area contributed by atoms with E-state index in [0.29, 0.717) is 13.0 Å². The van der Waals surface area contributed by atoms with Crippen LogP contribution in [0.3, 0.4) is 0 Å². The molecule has 16 heavy (non-hydrogen) atoms. The van der Waals surface area contributed by atoms with Crippen molar-refractivity contribution in [2.45, 2.75) is 25.4 Å². The van der Waals surface area contributed by atoms with Crippen molar-refractivity contribution in [2.75, 3.05) is 11.9 Å². The maximum atomic E-state index is 11.9. The predicted molar refractivity (Wildman–Crippen MR) is 58.1 cm³/mol. The van der Waals surface area contributed by atoms with Crippen LogP contribution in [-0.4, -0.2) is 28.2 Å². The van der Waals surface area contributed by atoms with Crippen LogP contribution in [0.25, 0.3) is 0 Å². The molecule has 1 fully saturated rings. The second-order valence-corrected chi connectivity index (χ2v) is 4.01. The summed E-state index contributed by atoms with van der Waals surface area (Å²) in [6, 6.07) is 3.07. The van der Waals surface area contributed by atoms with Gasteiger partial charge in [0.1, 0.15) is 5.60 Å². The Morgan fingerprint density at radius 3 is 3.12 bits per heavy atom. The fraction of sp³-hybridized carbons (Fsp3) is 0.455. The molecule has 0 bridgehead atoms. The molecule has 0 saturated carbocycles. The molecule has 1 aliphatic heterocycles. The van der Waals surface area contributed by atoms with E-state index < -0.39 is 5.60 Å². The number of rotatable bonds is 2. The molecule has 5 nitrogen and oxygen atoms in total. The normalized spacial score (nSPS) is 24.3. The molecular weight excluding hydrogens is 208 g/mol. The minimum Gasteiger partial charge on any atom is -0.504 e. The Morgan fingerprint density at radius 1 is 1.69 bits per heavy atom. The lowest BCUT2D eigenvalue weighted by atomic mass is 10.0. The zero-order valence-electron chi connectivity index (χ0n) is 9.06. The van der Waals surface area contributed by atoms with Crippen molar-refractivity contribution in [1.82, 2.24) is 4.98 Å². The molecule has 2 N–H and O–H groups in total. The van der Waals surface area contributed by atoms with Crippen LogP contribution in [0.1, 0.15) is 19.8 Å². The van der Waals surface area contributed by atoms with Crippen LogP contribution in [0.2, 0.25) is 0 Å². The number of aromatic hydroxyl groups is 1. The number of pyridine rings is 1. The highest BCUT2D eigenvalue weighted by atomic mass is 16.5. The third-order valence-corrected chi connectivity index (χ3v) is 2.72. The first-order chi connectivity index (χ1) is 7.62. The molecule has 2 rings (SSSR count). The molecular formula is C11H14N2O3. The number of hydrogen-bond donors (Lipinski definition) is 2. The van der Waals surface area contributed by atoms with Crippen LogP contribution in [0.15, 0.2) is 18.3 Å². The van der Waals surface area contributed by atoms with Crippen LogP contribution >= 0.6 is 0 Å². The Kier molecular flexibility index (Phi) is 2.78. The topological polar surface area (TPSA) is 71.5 Å². The summed E-state index contributed by atoms with van der Waals surface area (Å²) in [5, 5.41) is 12.0. The van der Waals surface area contributed by atoms with Crippen LogP contribution in [0, 0.1) is 0 Å². The molecule has 0 unspecified atom stereocenters. The van der Waals surface area contributed by atoms with Crippen molar-refractivity contribution in [2.24, 2.45) is 0 Å². The van der Waals surface area contributed by atoms with Crippen LogP contribution in [-0.2, 0) is 9.53 Å². The number of nitrogens with one attached hydrogen (secondary N) is 1. The summed E-state index contributed by atoms with van der Waals surface area (Å²) in [5.74, 6) is -0.138. The molecule has 86 valence electrons. The minimum atomic E-state index is -0.802. The molecule has 5 heteroatoms. The highest BCUT2D eigenvalue weighted by Crippen LogP contribution is 2.27. The van der Waals surface area contributed by atoms with Gasteiger partial charge in [-0.2, -0.15) is 0 Å². The van der Waals surface area contributed by atoms with Gasteiger partial charge >= 0.3 is 0 Å². The van der Waals surface area contributed by atoms with Gasteiger partial charge in [-0.05, 0) is 31.9 Å². The lowest BCUT2D eigenvalue weighted by Crippen LogP contribution is -2.39. The van der Waals surface area contributed by atoms with Crippen molar-refractivity contribution < 1.29 is 14.6 Å². The van der Waals surface area contributed by atoms with Crippen LogP contribution in [0.4, 0.5) is 5.82 Å². The predicted octanol–water partition coefficient (Wildman–Crippen LogP) is 1.29. The molecule has 0 aromatic carbocycles. The summed E-state index contributed by atoms with van der Waals surface area (Å²) >= 11 is 0. The van der Waals surface area contributed by atoms with Gasteiger partial charge in [-0.25, -0.2) is 4.98 Å². The minimum absolute atomic E-state index is 0.0440. The highest BCUT2D eigenvalue weighted by Gasteiger charge is 2.38. The van der Waals surface area contributed by atoms with Crippen molar-refractivity contribution in [1.29, 1.82) is 0 Å². The molecule has 0 radical (unpaired) electrons. The summed E-state index contributed by atoms with van der Waals surface area (Å²) in [5.41, 5.74) is -0.802. The monoisotopic (exact) mass is 222 g/mol. The van der Waals surface area contributed by atoms with E-state index in [2.05, 4.69) is 10.3 Å². The molecule has 0 spiro atoms. The average molecular weight is 222 g/mol. The Labute approximate surface area is 93.5 Å². The van der Waals surface area contributed by atoms with Gasteiger partial charge in [0.05, 0.1) is 0 Å². The second-order valence-electron chi connectivity index (χ2n) is 4.01. The van der Waals surface area contributed by atoms with Gasteiger partial charge in [0.25, 0.3) is 5.91 Å². The lowest BCUT2D eigenvalue weighted by Gasteiger charge is -2.21. The highest BCUT2D eigenvalue weighted by molar-refractivity contribution is 5.97. The van der Waals surface area contributed by atoms with E-state index in [-0.39, 0.29) is 17.5 Å². The zero-order chi connectivity index (χ0) is 11.6. The van der Waals surface area contributed by atoms with Gasteiger partial charge in [-0.1, -0.05) is 0 Å². The Morgan fingerprint density at radius 2 is 2.50 bits per heavy atom. The van der Waals surface area contributed by atoms with Gasteiger partial charge in [0.15, 0.2) is 11.6 Å². The zero-order valence-corrected chi connectivity index (χ0v) is 9.06. The number of aromatic nitrogens is 1. The molecule has 1 aromatic rings. The van der Waals surface area contributed by atoms with Crippen molar-refractivity contribution in [3.63, 3.8) is 0 Å². The van der Waals surface area contributed by atoms with Gasteiger partial charge in [0.2, 0.25) is 0 Å². The first kappa shape index (κ1) is 10.9. The van der Waals surface area contributed by atoms with E-state index >= 15 is 0 Å². The second kappa shape index (κ2) is 4.09. The maximum absolute atomic E-state index is 11.9. The summed E-state index contributed by atoms with van der Waals surface area (Å²) in [7, 11) is 0. The number of carbonyl (C=O) groups is 1. The SMILES string of the molecule is C[C@@]1(C(=O)Nc2ncccc2O)CCCO1. The van der Waals surface area contributed by atoms with Gasteiger partial charge in [0, 0.05) is 12.8 Å². The third kappa shape index (κ3) is 1.99. The van der Waals surface area contributed by atoms with Crippen molar-refractivity contribution in [3.05, 3.63) is 18.3 Å². The molecule has 1 aromatic heterocycles. The Hall–Kier alpha value is -1.62. The number of anilines is 1. The fourth-order valence-electron chi connectivity index (χ4n) is 1.69. The van der Waals surface area contributed by atoms with E-state index in [4.69, 9.17) is 4.74 Å². The Balaban J connectivity index is 2.10. The summed E-state index contributed by atoms with van der Waals surface area (Å²) in [6.07, 6.45) is 3.07. The van der Waals surface area contributed by atoms with E-state index in [9.17, 15) is 9.90 Å². The van der Waals surface area contributed by atoms with E-state index in [1.807, 2.05) is 0 Å². The lowest BCUT2D eigenvalue weighted by molar-refractivity contribution is -0.133. The van der Waals surface area contributed by atoms with Gasteiger partial charge in [-0.15, -0.1) is 0 Å². The average Bonchev–Trinajstić information content (AvgIpc) is 2.70. The molecule has 1 amide bonds. The molecule has 0 aliphatic carbocycles. The maximum Gasteiger partial charge on any atom is 0.257 e. The van der Waals surface area contributed by atoms with Gasteiger partial charge in [-0.3, -0.25) is 4.79 Å². The summed E-state index contributed by atoms with van der Waals surface area (Å²) < 4.78 is 5.39. The fourth-order valence-corrected chi connectivity index (χ4v) is 1.69. The van der Waals surface area contributed by atoms with Crippen LogP contribution < -0.4 is 5.32 Å². The molecule has 1 saturated heterocycles. The number of carbonyl (C=O) groups excluding carboxylic acids is 1. The Bertz CT molecular complexity index is 400. The molecule has 2 heterocycles. The molecule has 1 atom stereocenters. The number of hydrogen-bond acceptors (Lipinski definition) is 4. The smallest absolute Gasteiger partial charge is 0.257 e. The van der Waals surface area contributed by atoms with E-state index in [1.54, 1.807) is 13.0 Å². The first-order valence-corrected chi connectivity index (χ1v) is 5.21. The number of amides is 1. The van der Waals surface area contributed by atoms with E-state index in [0.717, 1.165) is 6.42 Å². The van der Waals surface area contributed by atoms with Crippen molar-refractivity contribution >= 4 is 11.7 Å². The van der Waals surface area contributed by atoms with Crippen LogP contribution in [0.5, 0.6) is 5.75 Å². The largest absolute Gasteiger partial charge is 0.504 e. The summed E-state index contributed by atoms with van der Waals surface area (Å²) in [6.45, 7) is 2.34. The van der Waals surface area contributed by atoms with E-state index in [1.165, 1.54) is 12.3 Å². The van der Waals surface area contributed by atoms with Gasteiger partial charge < -0.3 is 15.2 Å². The number of ether oxygens (including phenoxy) is 1. The van der Waals surface area contributed by atoms with Crippen molar-refractivity contribution in [3.8, 4) is 5.75 Å². The third-order valence-electron chi connectivity index (χ3n) is 2.72. The first-order valence-electron chi connectivity index (χ1n) is 5.21.